The van der Waals surface area contributed by atoms with Crippen molar-refractivity contribution in [3.63, 3.8) is 0 Å². The molecule has 40 heteroatoms. The van der Waals surface area contributed by atoms with E-state index in [4.69, 9.17) is 62.1 Å². The Bertz CT molecular complexity index is 2820. The van der Waals surface area contributed by atoms with E-state index in [1.165, 1.54) is 79.1 Å². The molecule has 2 aromatic rings. The first kappa shape index (κ1) is 95.0. The standard InChI is InChI=1S/C12H21N3O6.C12H20N2O7.C10H20N2O2.C10H19NO3.2C7H4ClNO4.2C4H8O/c1-12(2,3)21-11(17)14-6-4-9(5-7-14)13-10(16)20-8-15(18)19;1-12(2,3)21-10(15)13-6-4-9(5-7-13)20-11(16)19-8-14(17)18;1-10(2,3)14-9(13)12-6-4-8(11)5-7-12;1-10(2,3)14-9(13)11-6-4-8(12)5-7-11;2*8-7(10)13-6-3-1-5(2-4-6)9(11)12;2*1-2-4-5-3-1/h9H,4-8H2,1-3H3,(H,13,16);9H,4-8H2,1-3H3;8H,4-7,11H2,1-3H3;8,12H,4-7H2,1-3H3;2*1-4H;2*1-4H2. The SMILES string of the molecule is C1CCOC1.C1CCOC1.CC(C)(C)OC(=O)N1CCC(N)CC1.CC(C)(C)OC(=O)N1CCC(NC(=O)OC[N+](=O)[O-])CC1.CC(C)(C)OC(=O)N1CCC(O)CC1.CC(C)(C)OC(=O)N1CCC(OC(=O)OC[N+](=O)[O-])CC1.O=C(Cl)Oc1ccc([N+](=O)[O-])cc1.O=C(Cl)Oc1ccc([N+](=O)[O-])cc1. The maximum Gasteiger partial charge on any atom is 0.513 e. The molecule has 6 heterocycles. The summed E-state index contributed by atoms with van der Waals surface area (Å²) in [6.07, 6.45) is 6.31. The van der Waals surface area contributed by atoms with Crippen LogP contribution in [0.4, 0.5) is 49.7 Å². The van der Waals surface area contributed by atoms with E-state index in [9.17, 15) is 83.9 Å². The number of halogens is 2. The molecular weight excluding hydrogens is 1450 g/mol. The van der Waals surface area contributed by atoms with Crippen LogP contribution in [0.5, 0.6) is 11.5 Å². The largest absolute Gasteiger partial charge is 0.513 e. The number of nitrogens with zero attached hydrogens (tertiary/aromatic N) is 8. The minimum absolute atomic E-state index is 0.0747. The number of hydrogen-bond acceptors (Lipinski definition) is 29. The number of piperidine rings is 4. The molecule has 0 atom stereocenters. The summed E-state index contributed by atoms with van der Waals surface area (Å²) in [5.41, 5.74) is 1.70. The summed E-state index contributed by atoms with van der Waals surface area (Å²) >= 11 is 9.84. The predicted octanol–water partition coefficient (Wildman–Crippen LogP) is 12.1. The van der Waals surface area contributed by atoms with Gasteiger partial charge in [-0.15, -0.1) is 0 Å². The van der Waals surface area contributed by atoms with Gasteiger partial charge in [-0.25, -0.2) is 38.4 Å². The predicted molar refractivity (Wildman–Crippen MR) is 381 cm³/mol. The highest BCUT2D eigenvalue weighted by molar-refractivity contribution is 6.61. The fraction of sp³-hybridized carbons (Fsp3) is 0.697. The van der Waals surface area contributed by atoms with Gasteiger partial charge in [0.2, 0.25) is 0 Å². The van der Waals surface area contributed by atoms with Gasteiger partial charge < -0.3 is 87.9 Å². The second-order valence-electron chi connectivity index (χ2n) is 27.7. The highest BCUT2D eigenvalue weighted by Gasteiger charge is 2.32. The van der Waals surface area contributed by atoms with Gasteiger partial charge in [-0.05, 0) is 172 Å². The van der Waals surface area contributed by atoms with Crippen LogP contribution in [0.2, 0.25) is 0 Å². The van der Waals surface area contributed by atoms with Gasteiger partial charge in [0.1, 0.15) is 40.0 Å². The van der Waals surface area contributed by atoms with Crippen molar-refractivity contribution >= 4 is 82.1 Å². The number of non-ortho nitro benzene ring substituents is 2. The zero-order valence-electron chi connectivity index (χ0n) is 62.2. The molecule has 6 fully saturated rings. The zero-order valence-corrected chi connectivity index (χ0v) is 63.7. The molecular formula is C66H104Cl2N10O28. The quantitative estimate of drug-likeness (QED) is 0.0496. The van der Waals surface area contributed by atoms with Crippen LogP contribution in [0.25, 0.3) is 0 Å². The number of aliphatic hydroxyl groups excluding tert-OH is 1. The monoisotopic (exact) mass is 1550 g/mol. The van der Waals surface area contributed by atoms with Crippen molar-refractivity contribution in [2.75, 3.05) is 92.2 Å². The number of aliphatic hydroxyl groups is 1. The fourth-order valence-electron chi connectivity index (χ4n) is 8.87. The molecule has 38 nitrogen and oxygen atoms in total. The van der Waals surface area contributed by atoms with E-state index >= 15 is 0 Å². The Balaban J connectivity index is 0.000000624. The minimum Gasteiger partial charge on any atom is -0.444 e. The summed E-state index contributed by atoms with van der Waals surface area (Å²) < 4.78 is 53.4. The Hall–Kier alpha value is -8.98. The first-order valence-corrected chi connectivity index (χ1v) is 34.8. The van der Waals surface area contributed by atoms with E-state index < -0.39 is 90.9 Å². The zero-order chi connectivity index (χ0) is 80.4. The third-order valence-electron chi connectivity index (χ3n) is 13.9. The lowest BCUT2D eigenvalue weighted by molar-refractivity contribution is -0.519. The number of carbonyl (C=O) groups is 8. The van der Waals surface area contributed by atoms with Crippen molar-refractivity contribution in [3.8, 4) is 11.5 Å². The smallest absolute Gasteiger partial charge is 0.444 e. The van der Waals surface area contributed by atoms with Gasteiger partial charge in [0.25, 0.3) is 11.4 Å². The van der Waals surface area contributed by atoms with Gasteiger partial charge >= 0.3 is 60.9 Å². The van der Waals surface area contributed by atoms with Crippen LogP contribution in [-0.2, 0) is 42.6 Å². The first-order valence-electron chi connectivity index (χ1n) is 34.0. The molecule has 106 heavy (non-hydrogen) atoms. The normalized spacial score (nSPS) is 16.2. The maximum absolute atomic E-state index is 11.8. The van der Waals surface area contributed by atoms with E-state index in [0.29, 0.717) is 77.8 Å². The topological polar surface area (TPSA) is 482 Å². The molecule has 5 amide bonds. The van der Waals surface area contributed by atoms with Crippen molar-refractivity contribution < 1.29 is 115 Å². The van der Waals surface area contributed by atoms with Crippen molar-refractivity contribution in [2.45, 2.75) is 207 Å². The van der Waals surface area contributed by atoms with Gasteiger partial charge in [0.15, 0.2) is 0 Å². The third-order valence-corrected chi connectivity index (χ3v) is 14.0. The lowest BCUT2D eigenvalue weighted by Gasteiger charge is -2.33. The number of hydrogen-bond donors (Lipinski definition) is 3. The van der Waals surface area contributed by atoms with Crippen molar-refractivity contribution in [2.24, 2.45) is 5.73 Å². The third kappa shape index (κ3) is 48.9. The van der Waals surface area contributed by atoms with Crippen LogP contribution in [-0.4, -0.2) is 231 Å². The van der Waals surface area contributed by atoms with Gasteiger partial charge in [-0.1, -0.05) is 0 Å². The van der Waals surface area contributed by atoms with E-state index in [1.54, 1.807) is 56.2 Å². The number of nitro groups is 4. The lowest BCUT2D eigenvalue weighted by atomic mass is 10.1. The average molecular weight is 1560 g/mol. The number of amides is 5. The molecule has 0 aliphatic carbocycles. The summed E-state index contributed by atoms with van der Waals surface area (Å²) in [4.78, 5) is 134. The van der Waals surface area contributed by atoms with Crippen LogP contribution in [0, 0.1) is 40.5 Å². The molecule has 2 aromatic carbocycles. The average Bonchev–Trinajstić information content (AvgIpc) is 1.64. The minimum atomic E-state index is -1.07. The van der Waals surface area contributed by atoms with Crippen LogP contribution >= 0.6 is 23.2 Å². The van der Waals surface area contributed by atoms with Crippen LogP contribution in [0.15, 0.2) is 48.5 Å². The van der Waals surface area contributed by atoms with E-state index in [2.05, 4.69) is 24.3 Å². The number of rotatable bonds is 10. The summed E-state index contributed by atoms with van der Waals surface area (Å²) in [6, 6.07) is 10.1. The highest BCUT2D eigenvalue weighted by atomic mass is 35.5. The Kier molecular flexibility index (Phi) is 43.9. The van der Waals surface area contributed by atoms with Gasteiger partial charge in [-0.3, -0.25) is 40.5 Å². The number of ether oxygens (including phenoxy) is 11. The van der Waals surface area contributed by atoms with E-state index in [0.717, 1.165) is 52.4 Å². The molecule has 8 rings (SSSR count). The Morgan fingerprint density at radius 3 is 1.05 bits per heavy atom. The fourth-order valence-corrected chi connectivity index (χ4v) is 9.05. The number of nitrogens with two attached hydrogens (primary N) is 1. The molecule has 0 radical (unpaired) electrons. The molecule has 4 N–H and O–H groups in total. The van der Waals surface area contributed by atoms with Crippen LogP contribution in [0.3, 0.4) is 0 Å². The van der Waals surface area contributed by atoms with Gasteiger partial charge in [0.05, 0.1) is 25.8 Å². The molecule has 6 saturated heterocycles. The number of benzene rings is 2. The molecule has 0 bridgehead atoms. The van der Waals surface area contributed by atoms with Gasteiger partial charge in [-0.2, -0.15) is 0 Å². The lowest BCUT2D eigenvalue weighted by Crippen LogP contribution is -2.48. The molecule has 0 spiro atoms. The molecule has 0 aromatic heterocycles. The molecule has 6 aliphatic heterocycles. The number of nitro benzene ring substituents is 2. The Morgan fingerprint density at radius 1 is 0.481 bits per heavy atom. The number of carbonyl (C=O) groups excluding carboxylic acids is 8. The summed E-state index contributed by atoms with van der Waals surface area (Å²) in [6.45, 7) is 28.5. The first-order chi connectivity index (χ1) is 49.3. The molecule has 0 unspecified atom stereocenters. The number of likely N-dealkylation sites (tertiary alicyclic amines) is 4. The Labute approximate surface area is 625 Å². The summed E-state index contributed by atoms with van der Waals surface area (Å²) in [7, 11) is 0. The molecule has 0 saturated carbocycles. The number of alkyl carbamates (subject to hydrolysis) is 1. The van der Waals surface area contributed by atoms with Crippen molar-refractivity contribution in [1.82, 2.24) is 24.9 Å². The summed E-state index contributed by atoms with van der Waals surface area (Å²) in [5, 5.41) is 52.3. The second-order valence-corrected chi connectivity index (χ2v) is 28.4. The van der Waals surface area contributed by atoms with Crippen molar-refractivity contribution in [1.29, 1.82) is 0 Å². The van der Waals surface area contributed by atoms with Crippen LogP contribution in [0.1, 0.15) is 160 Å². The Morgan fingerprint density at radius 2 is 0.774 bits per heavy atom. The van der Waals surface area contributed by atoms with Crippen LogP contribution < -0.4 is 20.5 Å². The summed E-state index contributed by atoms with van der Waals surface area (Å²) in [5.74, 6) is 0.344. The number of nitrogens with one attached hydrogen (secondary N) is 1. The second kappa shape index (κ2) is 49.0. The van der Waals surface area contributed by atoms with Crippen molar-refractivity contribution in [3.05, 3.63) is 89.0 Å². The molecule has 6 aliphatic rings. The highest BCUT2D eigenvalue weighted by Crippen LogP contribution is 2.23. The van der Waals surface area contributed by atoms with Gasteiger partial charge in [0, 0.05) is 151 Å². The van der Waals surface area contributed by atoms with E-state index in [1.807, 2.05) is 41.5 Å². The maximum atomic E-state index is 11.8. The molecule has 600 valence electrons. The van der Waals surface area contributed by atoms with E-state index in [-0.39, 0.29) is 59.3 Å².